The first-order chi connectivity index (χ1) is 10.1. The summed E-state index contributed by atoms with van der Waals surface area (Å²) in [5, 5.41) is 17.6. The van der Waals surface area contributed by atoms with Crippen LogP contribution in [0.2, 0.25) is 0 Å². The molecule has 0 unspecified atom stereocenters. The number of anilines is 1. The number of nitrogens with zero attached hydrogens (tertiary/aromatic N) is 4. The van der Waals surface area contributed by atoms with Crippen LogP contribution < -0.4 is 10.4 Å². The van der Waals surface area contributed by atoms with E-state index in [9.17, 15) is 9.59 Å². The predicted molar refractivity (Wildman–Crippen MR) is 77.4 cm³/mol. The molecule has 7 nitrogen and oxygen atoms in total. The Balaban J connectivity index is 2.06. The molecule has 7 heteroatoms. The van der Waals surface area contributed by atoms with Gasteiger partial charge in [-0.1, -0.05) is 18.2 Å². The van der Waals surface area contributed by atoms with E-state index >= 15 is 0 Å². The molecule has 2 amide bonds. The van der Waals surface area contributed by atoms with Crippen LogP contribution in [0.15, 0.2) is 40.5 Å². The normalized spacial score (nSPS) is 17.7. The first-order valence-corrected chi connectivity index (χ1v) is 6.26. The summed E-state index contributed by atoms with van der Waals surface area (Å²) in [6, 6.07) is 10.8. The van der Waals surface area contributed by atoms with Crippen molar-refractivity contribution in [3.8, 4) is 6.07 Å². The molecule has 2 rings (SSSR count). The zero-order valence-electron chi connectivity index (χ0n) is 11.4. The van der Waals surface area contributed by atoms with Crippen molar-refractivity contribution < 1.29 is 9.59 Å². The van der Waals surface area contributed by atoms with Crippen LogP contribution >= 0.6 is 0 Å². The van der Waals surface area contributed by atoms with Gasteiger partial charge in [0.2, 0.25) is 0 Å². The van der Waals surface area contributed by atoms with E-state index in [4.69, 9.17) is 5.26 Å². The first-order valence-electron chi connectivity index (χ1n) is 6.26. The van der Waals surface area contributed by atoms with Crippen molar-refractivity contribution in [2.45, 2.75) is 13.3 Å². The second kappa shape index (κ2) is 6.43. The minimum absolute atomic E-state index is 0.239. The average molecular weight is 283 g/mol. The van der Waals surface area contributed by atoms with Gasteiger partial charge in [0.15, 0.2) is 0 Å². The maximum absolute atomic E-state index is 12.3. The molecule has 106 valence electrons. The van der Waals surface area contributed by atoms with Gasteiger partial charge < -0.3 is 0 Å². The number of rotatable bonds is 4. The van der Waals surface area contributed by atoms with E-state index in [0.29, 0.717) is 11.4 Å². The van der Waals surface area contributed by atoms with Gasteiger partial charge in [0.05, 0.1) is 17.5 Å². The number of nitriles is 1. The topological polar surface area (TPSA) is 97.9 Å². The van der Waals surface area contributed by atoms with Crippen molar-refractivity contribution >= 4 is 29.4 Å². The van der Waals surface area contributed by atoms with Gasteiger partial charge in [0, 0.05) is 6.21 Å². The van der Waals surface area contributed by atoms with Crippen molar-refractivity contribution in [1.82, 2.24) is 5.43 Å². The summed E-state index contributed by atoms with van der Waals surface area (Å²) in [7, 11) is 0. The third-order valence-electron chi connectivity index (χ3n) is 2.84. The molecular weight excluding hydrogens is 270 g/mol. The fourth-order valence-corrected chi connectivity index (χ4v) is 1.80. The molecule has 0 fully saturated rings. The minimum Gasteiger partial charge on any atom is -0.272 e. The van der Waals surface area contributed by atoms with E-state index in [2.05, 4.69) is 15.6 Å². The first kappa shape index (κ1) is 14.4. The van der Waals surface area contributed by atoms with Gasteiger partial charge in [0.1, 0.15) is 12.3 Å². The smallest absolute Gasteiger partial charge is 0.261 e. The van der Waals surface area contributed by atoms with E-state index < -0.39 is 11.8 Å². The summed E-state index contributed by atoms with van der Waals surface area (Å²) in [5.74, 6) is -1.38. The van der Waals surface area contributed by atoms with Crippen molar-refractivity contribution in [3.05, 3.63) is 30.3 Å². The summed E-state index contributed by atoms with van der Waals surface area (Å²) in [5.41, 5.74) is 3.45. The summed E-state index contributed by atoms with van der Waals surface area (Å²) in [4.78, 5) is 23.4. The molecule has 0 bridgehead atoms. The Kier molecular flexibility index (Phi) is 4.41. The van der Waals surface area contributed by atoms with Crippen molar-refractivity contribution in [2.75, 3.05) is 5.01 Å². The van der Waals surface area contributed by atoms with E-state index in [1.54, 1.807) is 25.1 Å². The zero-order chi connectivity index (χ0) is 15.2. The highest BCUT2D eigenvalue weighted by Crippen LogP contribution is 2.22. The van der Waals surface area contributed by atoms with Crippen LogP contribution in [-0.2, 0) is 9.59 Å². The van der Waals surface area contributed by atoms with Crippen LogP contribution in [0.25, 0.3) is 0 Å². The van der Waals surface area contributed by atoms with Gasteiger partial charge in [-0.05, 0) is 19.1 Å². The highest BCUT2D eigenvalue weighted by molar-refractivity contribution is 6.23. The standard InChI is InChI=1S/C14H13N5O2/c1-10-12(9-16-17-13(20)7-8-15)14(21)19(18-10)11-5-3-2-4-6-11/h2-6,9,12H,7H2,1H3,(H,17,20)/b16-9-/t12-/m0/s1. The molecule has 0 aromatic heterocycles. The Morgan fingerprint density at radius 2 is 2.24 bits per heavy atom. The van der Waals surface area contributed by atoms with E-state index in [0.717, 1.165) is 0 Å². The SMILES string of the molecule is CC1=NN(c2ccccc2)C(=O)[C@H]1/C=N\NC(=O)CC#N. The second-order valence-corrected chi connectivity index (χ2v) is 4.35. The monoisotopic (exact) mass is 283 g/mol. The summed E-state index contributed by atoms with van der Waals surface area (Å²) in [6.07, 6.45) is 1.04. The third-order valence-corrected chi connectivity index (χ3v) is 2.84. The fraction of sp³-hybridized carbons (Fsp3) is 0.214. The van der Waals surface area contributed by atoms with Crippen LogP contribution in [-0.4, -0.2) is 23.7 Å². The van der Waals surface area contributed by atoms with Crippen LogP contribution in [0.3, 0.4) is 0 Å². The third kappa shape index (κ3) is 3.30. The van der Waals surface area contributed by atoms with Crippen LogP contribution in [0.1, 0.15) is 13.3 Å². The van der Waals surface area contributed by atoms with Gasteiger partial charge in [-0.2, -0.15) is 20.5 Å². The predicted octanol–water partition coefficient (Wildman–Crippen LogP) is 1.04. The van der Waals surface area contributed by atoms with E-state index in [1.165, 1.54) is 11.2 Å². The van der Waals surface area contributed by atoms with E-state index in [1.807, 2.05) is 18.2 Å². The number of amides is 2. The molecule has 1 aliphatic rings. The molecule has 1 aliphatic heterocycles. The lowest BCUT2D eigenvalue weighted by atomic mass is 10.1. The average Bonchev–Trinajstić information content (AvgIpc) is 2.76. The lowest BCUT2D eigenvalue weighted by molar-refractivity contribution is -0.120. The summed E-state index contributed by atoms with van der Waals surface area (Å²) >= 11 is 0. The van der Waals surface area contributed by atoms with Crippen LogP contribution in [0.4, 0.5) is 5.69 Å². The molecule has 1 aromatic rings. The summed E-state index contributed by atoms with van der Waals surface area (Å²) < 4.78 is 0. The zero-order valence-corrected chi connectivity index (χ0v) is 11.4. The number of hydrazone groups is 2. The largest absolute Gasteiger partial charge is 0.272 e. The Morgan fingerprint density at radius 3 is 2.90 bits per heavy atom. The molecule has 1 aromatic carbocycles. The number of hydrogen-bond donors (Lipinski definition) is 1. The molecular formula is C14H13N5O2. The molecule has 1 atom stereocenters. The lowest BCUT2D eigenvalue weighted by Gasteiger charge is -2.12. The highest BCUT2D eigenvalue weighted by Gasteiger charge is 2.33. The van der Waals surface area contributed by atoms with Crippen LogP contribution in [0, 0.1) is 17.2 Å². The molecule has 0 aliphatic carbocycles. The molecule has 0 saturated carbocycles. The van der Waals surface area contributed by atoms with Gasteiger partial charge >= 0.3 is 0 Å². The Hall–Kier alpha value is -3.01. The molecule has 1 heterocycles. The number of carbonyl (C=O) groups is 2. The van der Waals surface area contributed by atoms with E-state index in [-0.39, 0.29) is 12.3 Å². The van der Waals surface area contributed by atoms with Gasteiger partial charge in [0.25, 0.3) is 11.8 Å². The Labute approximate surface area is 121 Å². The summed E-state index contributed by atoms with van der Waals surface area (Å²) in [6.45, 7) is 1.72. The van der Waals surface area contributed by atoms with Crippen LogP contribution in [0.5, 0.6) is 0 Å². The van der Waals surface area contributed by atoms with Crippen molar-refractivity contribution in [2.24, 2.45) is 16.1 Å². The maximum atomic E-state index is 12.3. The molecule has 21 heavy (non-hydrogen) atoms. The number of para-hydroxylation sites is 1. The van der Waals surface area contributed by atoms with Gasteiger partial charge in [-0.15, -0.1) is 0 Å². The minimum atomic E-state index is -0.618. The number of hydrogen-bond acceptors (Lipinski definition) is 5. The molecule has 1 N–H and O–H groups in total. The number of carbonyl (C=O) groups excluding carboxylic acids is 2. The van der Waals surface area contributed by atoms with Gasteiger partial charge in [-0.25, -0.2) is 5.43 Å². The Bertz CT molecular complexity index is 645. The molecule has 0 saturated heterocycles. The fourth-order valence-electron chi connectivity index (χ4n) is 1.80. The molecule has 0 spiro atoms. The quantitative estimate of drug-likeness (QED) is 0.660. The number of nitrogens with one attached hydrogen (secondary N) is 1. The highest BCUT2D eigenvalue weighted by atomic mass is 16.2. The maximum Gasteiger partial charge on any atom is 0.261 e. The number of benzene rings is 1. The van der Waals surface area contributed by atoms with Crippen molar-refractivity contribution in [1.29, 1.82) is 5.26 Å². The van der Waals surface area contributed by atoms with Gasteiger partial charge in [-0.3, -0.25) is 9.59 Å². The van der Waals surface area contributed by atoms with Crippen molar-refractivity contribution in [3.63, 3.8) is 0 Å². The second-order valence-electron chi connectivity index (χ2n) is 4.35. The Morgan fingerprint density at radius 1 is 1.52 bits per heavy atom. The lowest BCUT2D eigenvalue weighted by Crippen LogP contribution is -2.29. The molecule has 0 radical (unpaired) electrons.